The van der Waals surface area contributed by atoms with Gasteiger partial charge in [0.15, 0.2) is 0 Å². The highest BCUT2D eigenvalue weighted by Gasteiger charge is 2.18. The molecule has 0 rings (SSSR count). The average molecular weight is 1010 g/mol. The maximum Gasteiger partial charge on any atom is 0.220 e. The molecular weight excluding hydrogens is 891 g/mol. The van der Waals surface area contributed by atoms with E-state index in [1.165, 1.54) is 225 Å². The first-order valence-corrected chi connectivity index (χ1v) is 32.0. The zero-order valence-corrected chi connectivity index (χ0v) is 48.6. The molecule has 0 saturated carbocycles. The van der Waals surface area contributed by atoms with Crippen molar-refractivity contribution in [3.8, 4) is 0 Å². The molecule has 0 aliphatic rings. The van der Waals surface area contributed by atoms with Crippen LogP contribution in [0.2, 0.25) is 0 Å². The van der Waals surface area contributed by atoms with E-state index in [9.17, 15) is 15.0 Å². The van der Waals surface area contributed by atoms with Crippen LogP contribution in [-0.4, -0.2) is 34.9 Å². The molecule has 4 heteroatoms. The van der Waals surface area contributed by atoms with Crippen LogP contribution >= 0.6 is 0 Å². The van der Waals surface area contributed by atoms with E-state index in [1.807, 2.05) is 6.08 Å². The molecule has 0 aromatic carbocycles. The lowest BCUT2D eigenvalue weighted by Crippen LogP contribution is -2.45. The number of hydrogen-bond acceptors (Lipinski definition) is 3. The zero-order valence-electron chi connectivity index (χ0n) is 48.6. The van der Waals surface area contributed by atoms with E-state index in [4.69, 9.17) is 0 Å². The van der Waals surface area contributed by atoms with Crippen LogP contribution in [-0.2, 0) is 4.79 Å². The van der Waals surface area contributed by atoms with Crippen molar-refractivity contribution in [1.82, 2.24) is 5.32 Å². The Balaban J connectivity index is 3.54. The lowest BCUT2D eigenvalue weighted by molar-refractivity contribution is -0.123. The molecular formula is C69H123NO3. The topological polar surface area (TPSA) is 69.6 Å². The molecule has 0 radical (unpaired) electrons. The molecule has 0 aromatic rings. The molecule has 0 aliphatic carbocycles. The van der Waals surface area contributed by atoms with Crippen molar-refractivity contribution < 1.29 is 15.0 Å². The predicted molar refractivity (Wildman–Crippen MR) is 326 cm³/mol. The van der Waals surface area contributed by atoms with Crippen LogP contribution in [0.4, 0.5) is 0 Å². The number of carbonyl (C=O) groups excluding carboxylic acids is 1. The molecule has 73 heavy (non-hydrogen) atoms. The van der Waals surface area contributed by atoms with Crippen molar-refractivity contribution in [3.05, 3.63) is 97.2 Å². The van der Waals surface area contributed by atoms with E-state index in [0.29, 0.717) is 6.42 Å². The Bertz CT molecular complexity index is 1330. The summed E-state index contributed by atoms with van der Waals surface area (Å²) in [5.41, 5.74) is 0. The molecule has 0 spiro atoms. The van der Waals surface area contributed by atoms with Crippen molar-refractivity contribution >= 4 is 5.91 Å². The highest BCUT2D eigenvalue weighted by Crippen LogP contribution is 2.17. The number of unbranched alkanes of at least 4 members (excludes halogenated alkanes) is 37. The Kier molecular flexibility index (Phi) is 61.3. The Hall–Kier alpha value is -2.69. The number of hydrogen-bond donors (Lipinski definition) is 3. The summed E-state index contributed by atoms with van der Waals surface area (Å²) in [6.07, 6.45) is 94.6. The van der Waals surface area contributed by atoms with E-state index in [-0.39, 0.29) is 12.5 Å². The fraction of sp³-hybridized carbons (Fsp3) is 0.754. The molecule has 422 valence electrons. The van der Waals surface area contributed by atoms with Gasteiger partial charge in [-0.05, 0) is 83.5 Å². The van der Waals surface area contributed by atoms with Crippen LogP contribution in [0.25, 0.3) is 0 Å². The number of carbonyl (C=O) groups is 1. The lowest BCUT2D eigenvalue weighted by atomic mass is 10.0. The van der Waals surface area contributed by atoms with Gasteiger partial charge in [0, 0.05) is 6.42 Å². The van der Waals surface area contributed by atoms with Crippen LogP contribution < -0.4 is 5.32 Å². The minimum absolute atomic E-state index is 0.0792. The summed E-state index contributed by atoms with van der Waals surface area (Å²) in [5, 5.41) is 23.2. The van der Waals surface area contributed by atoms with E-state index in [0.717, 1.165) is 70.6 Å². The first kappa shape index (κ1) is 70.3. The van der Waals surface area contributed by atoms with Gasteiger partial charge in [0.05, 0.1) is 18.8 Å². The first-order valence-electron chi connectivity index (χ1n) is 32.0. The normalized spacial score (nSPS) is 13.4. The van der Waals surface area contributed by atoms with Crippen molar-refractivity contribution in [2.24, 2.45) is 0 Å². The van der Waals surface area contributed by atoms with Crippen molar-refractivity contribution in [2.75, 3.05) is 6.61 Å². The average Bonchev–Trinajstić information content (AvgIpc) is 3.40. The Labute approximate surface area is 455 Å². The van der Waals surface area contributed by atoms with Crippen LogP contribution in [0.5, 0.6) is 0 Å². The summed E-state index contributed by atoms with van der Waals surface area (Å²) in [5.74, 6) is -0.0792. The van der Waals surface area contributed by atoms with Crippen molar-refractivity contribution in [1.29, 1.82) is 0 Å². The van der Waals surface area contributed by atoms with E-state index in [1.54, 1.807) is 6.08 Å². The predicted octanol–water partition coefficient (Wildman–Crippen LogP) is 21.6. The Morgan fingerprint density at radius 3 is 0.959 bits per heavy atom. The molecule has 0 saturated heterocycles. The molecule has 0 bridgehead atoms. The molecule has 1 amide bonds. The second-order valence-corrected chi connectivity index (χ2v) is 21.4. The summed E-state index contributed by atoms with van der Waals surface area (Å²) in [6, 6.07) is -0.650. The molecule has 0 heterocycles. The first-order chi connectivity index (χ1) is 36.2. The molecule has 4 nitrogen and oxygen atoms in total. The monoisotopic (exact) mass is 1010 g/mol. The van der Waals surface area contributed by atoms with Crippen molar-refractivity contribution in [3.63, 3.8) is 0 Å². The largest absolute Gasteiger partial charge is 0.394 e. The third-order valence-electron chi connectivity index (χ3n) is 14.3. The molecule has 0 fully saturated rings. The minimum atomic E-state index is -0.872. The van der Waals surface area contributed by atoms with Gasteiger partial charge < -0.3 is 15.5 Å². The molecule has 0 aromatic heterocycles. The maximum absolute atomic E-state index is 12.5. The Morgan fingerprint density at radius 1 is 0.342 bits per heavy atom. The van der Waals surface area contributed by atoms with Gasteiger partial charge in [0.2, 0.25) is 5.91 Å². The third-order valence-corrected chi connectivity index (χ3v) is 14.3. The summed E-state index contributed by atoms with van der Waals surface area (Å²) in [7, 11) is 0. The summed E-state index contributed by atoms with van der Waals surface area (Å²) < 4.78 is 0. The number of aliphatic hydroxyl groups is 2. The lowest BCUT2D eigenvalue weighted by Gasteiger charge is -2.19. The van der Waals surface area contributed by atoms with Gasteiger partial charge >= 0.3 is 0 Å². The SMILES string of the molecule is CC/C=C\C/C=C\C/C=C\C/C=C\C/C=C\C/C=C\CCCCCCCCCCCCC(=O)NC(CO)C(O)/C=C/CC/C=C/CCCCCCCCCCCCCCCCCCCCCCCCCCCC. The maximum atomic E-state index is 12.5. The fourth-order valence-corrected chi connectivity index (χ4v) is 9.50. The van der Waals surface area contributed by atoms with E-state index < -0.39 is 12.1 Å². The van der Waals surface area contributed by atoms with Crippen LogP contribution in [0, 0.1) is 0 Å². The highest BCUT2D eigenvalue weighted by molar-refractivity contribution is 5.76. The highest BCUT2D eigenvalue weighted by atomic mass is 16.3. The number of nitrogens with one attached hydrogen (secondary N) is 1. The van der Waals surface area contributed by atoms with Gasteiger partial charge in [0.25, 0.3) is 0 Å². The minimum Gasteiger partial charge on any atom is -0.394 e. The number of allylic oxidation sites excluding steroid dienone is 15. The molecule has 2 atom stereocenters. The van der Waals surface area contributed by atoms with Gasteiger partial charge in [-0.1, -0.05) is 323 Å². The van der Waals surface area contributed by atoms with Gasteiger partial charge in [-0.15, -0.1) is 0 Å². The second kappa shape index (κ2) is 63.6. The van der Waals surface area contributed by atoms with E-state index in [2.05, 4.69) is 104 Å². The van der Waals surface area contributed by atoms with Gasteiger partial charge in [-0.3, -0.25) is 4.79 Å². The summed E-state index contributed by atoms with van der Waals surface area (Å²) >= 11 is 0. The summed E-state index contributed by atoms with van der Waals surface area (Å²) in [6.45, 7) is 4.20. The third kappa shape index (κ3) is 60.1. The van der Waals surface area contributed by atoms with Gasteiger partial charge in [0.1, 0.15) is 0 Å². The van der Waals surface area contributed by atoms with E-state index >= 15 is 0 Å². The molecule has 0 aliphatic heterocycles. The van der Waals surface area contributed by atoms with Crippen molar-refractivity contribution in [2.45, 2.75) is 328 Å². The van der Waals surface area contributed by atoms with Gasteiger partial charge in [-0.25, -0.2) is 0 Å². The fourth-order valence-electron chi connectivity index (χ4n) is 9.50. The van der Waals surface area contributed by atoms with Crippen LogP contribution in [0.3, 0.4) is 0 Å². The molecule has 2 unspecified atom stereocenters. The number of rotatable bonds is 58. The summed E-state index contributed by atoms with van der Waals surface area (Å²) in [4.78, 5) is 12.5. The standard InChI is InChI=1S/C69H123NO3/c1-3-5-7-9-11-13-15-17-19-21-23-25-27-29-31-33-34-35-37-38-40-42-44-46-48-50-52-54-56-58-60-62-64-68(72)67(66-71)70-69(73)65-63-61-59-57-55-53-51-49-47-45-43-41-39-36-32-30-28-26-24-22-20-18-16-14-12-10-8-6-4-2/h6,8,12,14,18,20,24,26,30,32,39,41,54,56,62,64,67-68,71-72H,3-5,7,9-11,13,15-17,19,21-23,25,27-29,31,33-38,40,42-53,55,57-61,63,65-66H2,1-2H3,(H,70,73)/b8-6-,14-12-,20-18-,26-24-,32-30-,41-39-,56-54+,64-62+. The van der Waals surface area contributed by atoms with Gasteiger partial charge in [-0.2, -0.15) is 0 Å². The second-order valence-electron chi connectivity index (χ2n) is 21.4. The number of amides is 1. The Morgan fingerprint density at radius 2 is 0.616 bits per heavy atom. The number of aliphatic hydroxyl groups excluding tert-OH is 2. The van der Waals surface area contributed by atoms with Crippen LogP contribution in [0.15, 0.2) is 97.2 Å². The smallest absolute Gasteiger partial charge is 0.220 e. The molecule has 3 N–H and O–H groups in total. The quantitative estimate of drug-likeness (QED) is 0.0420. The van der Waals surface area contributed by atoms with Crippen LogP contribution in [0.1, 0.15) is 316 Å². The zero-order chi connectivity index (χ0) is 52.7.